The first-order valence-corrected chi connectivity index (χ1v) is 8.67. The maximum atomic E-state index is 5.86. The Morgan fingerprint density at radius 2 is 2.00 bits per heavy atom. The monoisotopic (exact) mass is 409 g/mol. The maximum absolute atomic E-state index is 5.86. The zero-order chi connectivity index (χ0) is 14.8. The minimum Gasteiger partial charge on any atom is -0.493 e. The van der Waals surface area contributed by atoms with Gasteiger partial charge in [0.15, 0.2) is 0 Å². The number of hydrogen-bond donors (Lipinski definition) is 1. The van der Waals surface area contributed by atoms with Crippen LogP contribution in [-0.2, 0) is 0 Å². The molecule has 0 saturated heterocycles. The lowest BCUT2D eigenvalue weighted by Crippen LogP contribution is -2.10. The van der Waals surface area contributed by atoms with Crippen molar-refractivity contribution in [3.8, 4) is 5.75 Å². The highest BCUT2D eigenvalue weighted by atomic mass is 79.9. The zero-order valence-corrected chi connectivity index (χ0v) is 15.0. The summed E-state index contributed by atoms with van der Waals surface area (Å²) in [6, 6.07) is 12.9. The fourth-order valence-electron chi connectivity index (χ4n) is 2.63. The van der Waals surface area contributed by atoms with Crippen LogP contribution in [0.2, 0.25) is 0 Å². The Morgan fingerprint density at radius 1 is 1.14 bits per heavy atom. The first-order valence-electron chi connectivity index (χ1n) is 7.08. The van der Waals surface area contributed by atoms with Gasteiger partial charge in [-0.2, -0.15) is 0 Å². The largest absolute Gasteiger partial charge is 0.493 e. The number of nitrogens with one attached hydrogen (secondary N) is 1. The summed E-state index contributed by atoms with van der Waals surface area (Å²) in [4.78, 5) is 0. The van der Waals surface area contributed by atoms with Crippen LogP contribution >= 0.6 is 31.9 Å². The van der Waals surface area contributed by atoms with Crippen LogP contribution in [0.5, 0.6) is 5.75 Å². The second kappa shape index (κ2) is 6.41. The van der Waals surface area contributed by atoms with Crippen molar-refractivity contribution in [2.75, 3.05) is 11.9 Å². The van der Waals surface area contributed by atoms with Gasteiger partial charge in [0.05, 0.1) is 12.6 Å². The fourth-order valence-corrected chi connectivity index (χ4v) is 3.22. The van der Waals surface area contributed by atoms with Crippen molar-refractivity contribution in [3.63, 3.8) is 0 Å². The molecule has 1 aliphatic rings. The van der Waals surface area contributed by atoms with E-state index in [0.29, 0.717) is 0 Å². The van der Waals surface area contributed by atoms with Gasteiger partial charge in [-0.25, -0.2) is 0 Å². The quantitative estimate of drug-likeness (QED) is 0.670. The topological polar surface area (TPSA) is 21.3 Å². The minimum absolute atomic E-state index is 0.288. The van der Waals surface area contributed by atoms with Crippen LogP contribution < -0.4 is 10.1 Å². The van der Waals surface area contributed by atoms with E-state index in [-0.39, 0.29) is 6.04 Å². The number of halogens is 2. The molecule has 1 atom stereocenters. The van der Waals surface area contributed by atoms with Crippen LogP contribution in [0, 0.1) is 6.92 Å². The molecule has 4 heteroatoms. The van der Waals surface area contributed by atoms with Crippen LogP contribution in [-0.4, -0.2) is 6.61 Å². The van der Waals surface area contributed by atoms with Crippen molar-refractivity contribution in [1.29, 1.82) is 0 Å². The van der Waals surface area contributed by atoms with Gasteiger partial charge < -0.3 is 10.1 Å². The van der Waals surface area contributed by atoms with Crippen LogP contribution in [0.4, 0.5) is 5.69 Å². The van der Waals surface area contributed by atoms with E-state index in [1.165, 1.54) is 11.1 Å². The van der Waals surface area contributed by atoms with E-state index in [2.05, 4.69) is 80.5 Å². The minimum atomic E-state index is 0.288. The Labute approximate surface area is 142 Å². The Balaban J connectivity index is 1.90. The Kier molecular flexibility index (Phi) is 4.55. The molecule has 2 nitrogen and oxygen atoms in total. The van der Waals surface area contributed by atoms with Crippen molar-refractivity contribution >= 4 is 37.5 Å². The number of anilines is 1. The summed E-state index contributed by atoms with van der Waals surface area (Å²) in [6.07, 6.45) is 2.13. The van der Waals surface area contributed by atoms with Crippen molar-refractivity contribution in [3.05, 3.63) is 56.5 Å². The molecule has 1 heterocycles. The van der Waals surface area contributed by atoms with Gasteiger partial charge in [0.25, 0.3) is 0 Å². The molecule has 0 amide bonds. The number of rotatable bonds is 2. The molecule has 0 aromatic heterocycles. The summed E-state index contributed by atoms with van der Waals surface area (Å²) in [7, 11) is 0. The maximum Gasteiger partial charge on any atom is 0.125 e. The lowest BCUT2D eigenvalue weighted by Gasteiger charge is -2.20. The fraction of sp³-hybridized carbons (Fsp3) is 0.294. The van der Waals surface area contributed by atoms with Gasteiger partial charge in [0.1, 0.15) is 5.75 Å². The summed E-state index contributed by atoms with van der Waals surface area (Å²) >= 11 is 7.06. The van der Waals surface area contributed by atoms with Crippen LogP contribution in [0.1, 0.15) is 30.0 Å². The molecule has 0 fully saturated rings. The van der Waals surface area contributed by atoms with E-state index >= 15 is 0 Å². The summed E-state index contributed by atoms with van der Waals surface area (Å²) in [5.41, 5.74) is 3.62. The summed E-state index contributed by atoms with van der Waals surface area (Å²) < 4.78 is 8.06. The highest BCUT2D eigenvalue weighted by Gasteiger charge is 2.20. The number of fused-ring (bicyclic) bond motifs is 1. The first-order chi connectivity index (χ1) is 10.1. The first kappa shape index (κ1) is 14.9. The van der Waals surface area contributed by atoms with Crippen molar-refractivity contribution in [2.45, 2.75) is 25.8 Å². The van der Waals surface area contributed by atoms with E-state index in [9.17, 15) is 0 Å². The predicted molar refractivity (Wildman–Crippen MR) is 94.1 cm³/mol. The lowest BCUT2D eigenvalue weighted by molar-refractivity contribution is 0.316. The van der Waals surface area contributed by atoms with Gasteiger partial charge in [0, 0.05) is 20.2 Å². The summed E-state index contributed by atoms with van der Waals surface area (Å²) in [6.45, 7) is 2.89. The third-order valence-corrected chi connectivity index (χ3v) is 5.13. The van der Waals surface area contributed by atoms with Gasteiger partial charge in [-0.3, -0.25) is 0 Å². The van der Waals surface area contributed by atoms with Crippen molar-refractivity contribution < 1.29 is 4.74 Å². The molecule has 3 rings (SSSR count). The molecule has 2 aromatic carbocycles. The third-order valence-electron chi connectivity index (χ3n) is 3.74. The Hall–Kier alpha value is -1.00. The highest BCUT2D eigenvalue weighted by molar-refractivity contribution is 9.10. The van der Waals surface area contributed by atoms with Gasteiger partial charge in [0.2, 0.25) is 0 Å². The Morgan fingerprint density at radius 3 is 2.81 bits per heavy atom. The predicted octanol–water partition coefficient (Wildman–Crippen LogP) is 5.85. The molecule has 21 heavy (non-hydrogen) atoms. The molecular formula is C17H17Br2NO. The lowest BCUT2D eigenvalue weighted by atomic mass is 10.0. The second-order valence-corrected chi connectivity index (χ2v) is 7.10. The van der Waals surface area contributed by atoms with Crippen molar-refractivity contribution in [2.24, 2.45) is 0 Å². The average Bonchev–Trinajstić information content (AvgIpc) is 2.65. The van der Waals surface area contributed by atoms with E-state index in [4.69, 9.17) is 4.74 Å². The van der Waals surface area contributed by atoms with E-state index in [0.717, 1.165) is 39.8 Å². The van der Waals surface area contributed by atoms with E-state index in [1.807, 2.05) is 0 Å². The smallest absolute Gasteiger partial charge is 0.125 e. The zero-order valence-electron chi connectivity index (χ0n) is 11.8. The molecule has 0 radical (unpaired) electrons. The molecule has 1 unspecified atom stereocenters. The number of ether oxygens (including phenoxy) is 1. The molecule has 0 bridgehead atoms. The van der Waals surface area contributed by atoms with Crippen LogP contribution in [0.15, 0.2) is 45.3 Å². The van der Waals surface area contributed by atoms with E-state index < -0.39 is 0 Å². The molecule has 0 saturated carbocycles. The molecule has 110 valence electrons. The summed E-state index contributed by atoms with van der Waals surface area (Å²) in [5, 5.41) is 3.65. The van der Waals surface area contributed by atoms with E-state index in [1.54, 1.807) is 0 Å². The van der Waals surface area contributed by atoms with Gasteiger partial charge in [-0.1, -0.05) is 37.9 Å². The number of hydrogen-bond acceptors (Lipinski definition) is 2. The third kappa shape index (κ3) is 3.43. The number of aryl methyl sites for hydroxylation is 1. The summed E-state index contributed by atoms with van der Waals surface area (Å²) in [5.74, 6) is 0.980. The van der Waals surface area contributed by atoms with Crippen LogP contribution in [0.25, 0.3) is 0 Å². The van der Waals surface area contributed by atoms with Gasteiger partial charge >= 0.3 is 0 Å². The second-order valence-electron chi connectivity index (χ2n) is 5.33. The molecule has 0 aliphatic carbocycles. The SMILES string of the molecule is Cc1cc(NC2CCCOc3cc(Br)ccc32)ccc1Br. The van der Waals surface area contributed by atoms with Gasteiger partial charge in [-0.15, -0.1) is 0 Å². The standard InChI is InChI=1S/C17H17Br2NO/c1-11-9-13(5-7-15(11)19)20-16-3-2-8-21-17-10-12(18)4-6-14(16)17/h4-7,9-10,16,20H,2-3,8H2,1H3. The molecule has 0 spiro atoms. The van der Waals surface area contributed by atoms with Gasteiger partial charge in [-0.05, 0) is 55.7 Å². The van der Waals surface area contributed by atoms with Crippen LogP contribution in [0.3, 0.4) is 0 Å². The molecule has 1 aliphatic heterocycles. The molecule has 2 aromatic rings. The highest BCUT2D eigenvalue weighted by Crippen LogP contribution is 2.36. The number of benzene rings is 2. The average molecular weight is 411 g/mol. The van der Waals surface area contributed by atoms with Crippen molar-refractivity contribution in [1.82, 2.24) is 0 Å². The Bertz CT molecular complexity index is 657. The molecule has 1 N–H and O–H groups in total. The normalized spacial score (nSPS) is 17.6. The molecular weight excluding hydrogens is 394 g/mol.